The van der Waals surface area contributed by atoms with E-state index in [9.17, 15) is 0 Å². The molecule has 2 heterocycles. The van der Waals surface area contributed by atoms with Gasteiger partial charge >= 0.3 is 0 Å². The summed E-state index contributed by atoms with van der Waals surface area (Å²) in [6.07, 6.45) is 4.00. The highest BCUT2D eigenvalue weighted by Crippen LogP contribution is 2.25. The van der Waals surface area contributed by atoms with Crippen molar-refractivity contribution in [3.63, 3.8) is 0 Å². The monoisotopic (exact) mass is 303 g/mol. The lowest BCUT2D eigenvalue weighted by Crippen LogP contribution is -2.21. The zero-order valence-corrected chi connectivity index (χ0v) is 13.4. The highest BCUT2D eigenvalue weighted by molar-refractivity contribution is 7.99. The van der Waals surface area contributed by atoms with Crippen molar-refractivity contribution >= 4 is 11.8 Å². The Balaban J connectivity index is 1.68. The van der Waals surface area contributed by atoms with Crippen LogP contribution in [0.1, 0.15) is 24.8 Å². The van der Waals surface area contributed by atoms with Crippen LogP contribution in [0.3, 0.4) is 0 Å². The van der Waals surface area contributed by atoms with Gasteiger partial charge in [0.1, 0.15) is 0 Å². The topological polar surface area (TPSA) is 39.9 Å². The van der Waals surface area contributed by atoms with E-state index in [1.54, 1.807) is 11.8 Å². The Kier molecular flexibility index (Phi) is 4.60. The fraction of sp³-hybridized carbons (Fsp3) is 0.500. The second kappa shape index (κ2) is 6.62. The number of rotatable bonds is 4. The number of nitrogens with zero attached hydrogens (tertiary/aromatic N) is 3. The van der Waals surface area contributed by atoms with Crippen molar-refractivity contribution in [3.8, 4) is 11.4 Å². The van der Waals surface area contributed by atoms with Crippen molar-refractivity contribution in [1.82, 2.24) is 14.8 Å². The number of thioether (sulfide) groups is 1. The van der Waals surface area contributed by atoms with Crippen LogP contribution in [0.15, 0.2) is 29.4 Å². The maximum absolute atomic E-state index is 5.77. The first kappa shape index (κ1) is 14.6. The van der Waals surface area contributed by atoms with Gasteiger partial charge in [-0.2, -0.15) is 0 Å². The largest absolute Gasteiger partial charge is 0.377 e. The molecule has 1 aromatic heterocycles. The summed E-state index contributed by atoms with van der Waals surface area (Å²) >= 11 is 1.74. The van der Waals surface area contributed by atoms with Crippen molar-refractivity contribution in [1.29, 1.82) is 0 Å². The van der Waals surface area contributed by atoms with E-state index in [1.165, 1.54) is 18.4 Å². The molecule has 1 saturated heterocycles. The standard InChI is InChI=1S/C16H21N3OS/c1-12-6-8-13(9-7-12)15-17-18-16(19(15)2)21-11-14-5-3-4-10-20-14/h6-9,14H,3-5,10-11H2,1-2H3. The number of aryl methyl sites for hydroxylation is 1. The van der Waals surface area contributed by atoms with Gasteiger partial charge < -0.3 is 9.30 Å². The van der Waals surface area contributed by atoms with E-state index in [1.807, 2.05) is 7.05 Å². The van der Waals surface area contributed by atoms with Gasteiger partial charge in [-0.25, -0.2) is 0 Å². The Labute approximate surface area is 129 Å². The molecule has 1 fully saturated rings. The molecule has 0 saturated carbocycles. The molecule has 1 unspecified atom stereocenters. The van der Waals surface area contributed by atoms with Crippen LogP contribution in [0.5, 0.6) is 0 Å². The lowest BCUT2D eigenvalue weighted by atomic mass is 10.1. The number of benzene rings is 1. The predicted molar refractivity (Wildman–Crippen MR) is 85.5 cm³/mol. The molecule has 1 aromatic carbocycles. The molecular formula is C16H21N3OS. The molecule has 4 nitrogen and oxygen atoms in total. The first-order valence-corrected chi connectivity index (χ1v) is 8.43. The van der Waals surface area contributed by atoms with E-state index < -0.39 is 0 Å². The SMILES string of the molecule is Cc1ccc(-c2nnc(SCC3CCCCO3)n2C)cc1. The third-order valence-electron chi connectivity index (χ3n) is 3.82. The fourth-order valence-electron chi connectivity index (χ4n) is 2.50. The molecule has 0 amide bonds. The molecule has 1 aliphatic rings. The molecule has 3 rings (SSSR count). The highest BCUT2D eigenvalue weighted by atomic mass is 32.2. The summed E-state index contributed by atoms with van der Waals surface area (Å²) in [5.74, 6) is 1.88. The maximum Gasteiger partial charge on any atom is 0.191 e. The first-order chi connectivity index (χ1) is 10.2. The molecule has 112 valence electrons. The molecule has 21 heavy (non-hydrogen) atoms. The highest BCUT2D eigenvalue weighted by Gasteiger charge is 2.17. The Morgan fingerprint density at radius 1 is 1.24 bits per heavy atom. The zero-order valence-electron chi connectivity index (χ0n) is 12.6. The Morgan fingerprint density at radius 2 is 2.05 bits per heavy atom. The summed E-state index contributed by atoms with van der Waals surface area (Å²) in [6.45, 7) is 2.99. The van der Waals surface area contributed by atoms with Crippen molar-refractivity contribution in [2.24, 2.45) is 7.05 Å². The van der Waals surface area contributed by atoms with Crippen molar-refractivity contribution in [2.45, 2.75) is 37.4 Å². The van der Waals surface area contributed by atoms with Gasteiger partial charge in [0.05, 0.1) is 6.10 Å². The predicted octanol–water partition coefficient (Wildman–Crippen LogP) is 3.45. The summed E-state index contributed by atoms with van der Waals surface area (Å²) in [4.78, 5) is 0. The van der Waals surface area contributed by atoms with E-state index in [4.69, 9.17) is 4.74 Å². The molecule has 0 bridgehead atoms. The van der Waals surface area contributed by atoms with Crippen LogP contribution in [0.2, 0.25) is 0 Å². The van der Waals surface area contributed by atoms with Crippen LogP contribution < -0.4 is 0 Å². The third-order valence-corrected chi connectivity index (χ3v) is 4.97. The molecule has 1 aliphatic heterocycles. The minimum atomic E-state index is 0.364. The lowest BCUT2D eigenvalue weighted by molar-refractivity contribution is 0.0315. The second-order valence-electron chi connectivity index (χ2n) is 5.53. The van der Waals surface area contributed by atoms with Crippen LogP contribution in [0.4, 0.5) is 0 Å². The van der Waals surface area contributed by atoms with Gasteiger partial charge in [-0.05, 0) is 26.2 Å². The van der Waals surface area contributed by atoms with Crippen molar-refractivity contribution in [2.75, 3.05) is 12.4 Å². The number of ether oxygens (including phenoxy) is 1. The van der Waals surface area contributed by atoms with Crippen LogP contribution in [0, 0.1) is 6.92 Å². The van der Waals surface area contributed by atoms with Gasteiger partial charge in [0.2, 0.25) is 0 Å². The van der Waals surface area contributed by atoms with Crippen LogP contribution in [-0.4, -0.2) is 33.2 Å². The molecular weight excluding hydrogens is 282 g/mol. The molecule has 0 N–H and O–H groups in total. The minimum absolute atomic E-state index is 0.364. The summed E-state index contributed by atoms with van der Waals surface area (Å²) in [5, 5.41) is 9.61. The lowest BCUT2D eigenvalue weighted by Gasteiger charge is -2.21. The molecule has 1 atom stereocenters. The maximum atomic E-state index is 5.77. The Hall–Kier alpha value is -1.33. The summed E-state index contributed by atoms with van der Waals surface area (Å²) in [6, 6.07) is 8.40. The van der Waals surface area contributed by atoms with Gasteiger partial charge in [-0.1, -0.05) is 41.6 Å². The van der Waals surface area contributed by atoms with E-state index in [0.717, 1.165) is 35.3 Å². The summed E-state index contributed by atoms with van der Waals surface area (Å²) in [5.41, 5.74) is 2.36. The first-order valence-electron chi connectivity index (χ1n) is 7.45. The molecule has 2 aromatic rings. The van der Waals surface area contributed by atoms with Crippen LogP contribution in [-0.2, 0) is 11.8 Å². The Bertz CT molecular complexity index is 588. The van der Waals surface area contributed by atoms with Crippen molar-refractivity contribution in [3.05, 3.63) is 29.8 Å². The number of aromatic nitrogens is 3. The van der Waals surface area contributed by atoms with Gasteiger partial charge in [0, 0.05) is 25.0 Å². The van der Waals surface area contributed by atoms with E-state index in [0.29, 0.717) is 6.10 Å². The van der Waals surface area contributed by atoms with Gasteiger partial charge in [-0.15, -0.1) is 10.2 Å². The van der Waals surface area contributed by atoms with Crippen LogP contribution >= 0.6 is 11.8 Å². The average molecular weight is 303 g/mol. The molecule has 0 aliphatic carbocycles. The molecule has 5 heteroatoms. The van der Waals surface area contributed by atoms with E-state index in [-0.39, 0.29) is 0 Å². The number of hydrogen-bond acceptors (Lipinski definition) is 4. The third kappa shape index (κ3) is 3.47. The molecule has 0 radical (unpaired) electrons. The Morgan fingerprint density at radius 3 is 2.76 bits per heavy atom. The number of hydrogen-bond donors (Lipinski definition) is 0. The zero-order chi connectivity index (χ0) is 14.7. The van der Waals surface area contributed by atoms with Gasteiger partial charge in [0.25, 0.3) is 0 Å². The van der Waals surface area contributed by atoms with Gasteiger partial charge in [0.15, 0.2) is 11.0 Å². The second-order valence-corrected chi connectivity index (χ2v) is 6.52. The summed E-state index contributed by atoms with van der Waals surface area (Å²) in [7, 11) is 2.03. The quantitative estimate of drug-likeness (QED) is 0.811. The van der Waals surface area contributed by atoms with Crippen molar-refractivity contribution < 1.29 is 4.74 Å². The minimum Gasteiger partial charge on any atom is -0.377 e. The van der Waals surface area contributed by atoms with E-state index in [2.05, 4.69) is 46.0 Å². The summed E-state index contributed by atoms with van der Waals surface area (Å²) < 4.78 is 7.83. The average Bonchev–Trinajstić information content (AvgIpc) is 2.88. The van der Waals surface area contributed by atoms with E-state index >= 15 is 0 Å². The van der Waals surface area contributed by atoms with Gasteiger partial charge in [-0.3, -0.25) is 0 Å². The smallest absolute Gasteiger partial charge is 0.191 e. The van der Waals surface area contributed by atoms with Crippen LogP contribution in [0.25, 0.3) is 11.4 Å². The molecule has 0 spiro atoms. The normalized spacial score (nSPS) is 18.9. The fourth-order valence-corrected chi connectivity index (χ4v) is 3.48.